The van der Waals surface area contributed by atoms with Crippen molar-refractivity contribution in [2.45, 2.75) is 58.6 Å². The van der Waals surface area contributed by atoms with E-state index in [1.165, 1.54) is 0 Å². The number of aliphatic hydroxyl groups is 1. The van der Waals surface area contributed by atoms with Crippen molar-refractivity contribution in [1.82, 2.24) is 10.3 Å². The van der Waals surface area contributed by atoms with E-state index < -0.39 is 5.60 Å². The van der Waals surface area contributed by atoms with Gasteiger partial charge < -0.3 is 10.4 Å². The van der Waals surface area contributed by atoms with Crippen molar-refractivity contribution in [2.24, 2.45) is 0 Å². The molecular formula is C13H24N2OS. The van der Waals surface area contributed by atoms with Crippen LogP contribution in [0.15, 0.2) is 5.38 Å². The van der Waals surface area contributed by atoms with Crippen LogP contribution in [0.25, 0.3) is 0 Å². The average molecular weight is 256 g/mol. The zero-order valence-corrected chi connectivity index (χ0v) is 12.3. The molecule has 0 radical (unpaired) electrons. The van der Waals surface area contributed by atoms with Crippen LogP contribution in [-0.2, 0) is 12.0 Å². The van der Waals surface area contributed by atoms with Gasteiger partial charge >= 0.3 is 0 Å². The van der Waals surface area contributed by atoms with Crippen molar-refractivity contribution in [3.63, 3.8) is 0 Å². The number of thiazole rings is 1. The molecule has 2 N–H and O–H groups in total. The fraction of sp³-hybridized carbons (Fsp3) is 0.769. The summed E-state index contributed by atoms with van der Waals surface area (Å²) in [7, 11) is 0. The van der Waals surface area contributed by atoms with E-state index in [9.17, 15) is 5.11 Å². The molecule has 1 aromatic heterocycles. The molecule has 0 saturated heterocycles. The molecule has 1 heterocycles. The third-order valence-corrected chi connectivity index (χ3v) is 4.08. The van der Waals surface area contributed by atoms with Gasteiger partial charge in [0.25, 0.3) is 0 Å². The second kappa shape index (κ2) is 5.46. The number of nitrogens with one attached hydrogen (secondary N) is 1. The highest BCUT2D eigenvalue weighted by Gasteiger charge is 2.19. The fourth-order valence-electron chi connectivity index (χ4n) is 1.32. The molecule has 1 rings (SSSR count). The summed E-state index contributed by atoms with van der Waals surface area (Å²) in [4.78, 5) is 4.60. The van der Waals surface area contributed by atoms with Crippen LogP contribution in [0, 0.1) is 0 Å². The summed E-state index contributed by atoms with van der Waals surface area (Å²) in [6.07, 6.45) is 0.754. The summed E-state index contributed by atoms with van der Waals surface area (Å²) in [5.41, 5.74) is 0.563. The zero-order valence-electron chi connectivity index (χ0n) is 11.5. The maximum atomic E-state index is 9.86. The SMILES string of the molecule is CCC(C)(O)CNCc1csc(C(C)(C)C)n1. The van der Waals surface area contributed by atoms with E-state index in [-0.39, 0.29) is 5.41 Å². The van der Waals surface area contributed by atoms with Gasteiger partial charge in [-0.3, -0.25) is 0 Å². The van der Waals surface area contributed by atoms with Crippen molar-refractivity contribution < 1.29 is 5.11 Å². The van der Waals surface area contributed by atoms with Crippen LogP contribution < -0.4 is 5.32 Å². The summed E-state index contributed by atoms with van der Waals surface area (Å²) in [5.74, 6) is 0. The van der Waals surface area contributed by atoms with Crippen LogP contribution in [0.1, 0.15) is 51.7 Å². The van der Waals surface area contributed by atoms with Gasteiger partial charge in [-0.05, 0) is 13.3 Å². The number of hydrogen-bond donors (Lipinski definition) is 2. The lowest BCUT2D eigenvalue weighted by Crippen LogP contribution is -2.36. The molecule has 0 saturated carbocycles. The molecule has 0 amide bonds. The maximum Gasteiger partial charge on any atom is 0.0982 e. The Balaban J connectivity index is 2.46. The van der Waals surface area contributed by atoms with E-state index in [4.69, 9.17) is 0 Å². The van der Waals surface area contributed by atoms with E-state index in [2.05, 4.69) is 36.5 Å². The van der Waals surface area contributed by atoms with Gasteiger partial charge in [0.15, 0.2) is 0 Å². The molecule has 0 aliphatic rings. The van der Waals surface area contributed by atoms with Gasteiger partial charge in [-0.25, -0.2) is 4.98 Å². The molecule has 3 nitrogen and oxygen atoms in total. The lowest BCUT2D eigenvalue weighted by atomic mass is 9.98. The first-order valence-electron chi connectivity index (χ1n) is 6.12. The second-order valence-corrected chi connectivity index (χ2v) is 6.71. The fourth-order valence-corrected chi connectivity index (χ4v) is 2.22. The number of hydrogen-bond acceptors (Lipinski definition) is 4. The van der Waals surface area contributed by atoms with Gasteiger partial charge in [-0.2, -0.15) is 0 Å². The summed E-state index contributed by atoms with van der Waals surface area (Å²) in [6, 6.07) is 0. The first-order chi connectivity index (χ1) is 7.74. The number of nitrogens with zero attached hydrogens (tertiary/aromatic N) is 1. The minimum Gasteiger partial charge on any atom is -0.389 e. The monoisotopic (exact) mass is 256 g/mol. The van der Waals surface area contributed by atoms with Crippen molar-refractivity contribution in [2.75, 3.05) is 6.54 Å². The molecule has 1 aromatic rings. The lowest BCUT2D eigenvalue weighted by molar-refractivity contribution is 0.0555. The molecule has 0 bridgehead atoms. The lowest BCUT2D eigenvalue weighted by Gasteiger charge is -2.21. The van der Waals surface area contributed by atoms with Crippen LogP contribution >= 0.6 is 11.3 Å². The Morgan fingerprint density at radius 3 is 2.47 bits per heavy atom. The third-order valence-electron chi connectivity index (χ3n) is 2.77. The molecule has 0 spiro atoms. The summed E-state index contributed by atoms with van der Waals surface area (Å²) in [6.45, 7) is 11.7. The molecule has 0 aliphatic heterocycles. The van der Waals surface area contributed by atoms with Crippen molar-refractivity contribution >= 4 is 11.3 Å². The Bertz CT molecular complexity index is 353. The minimum atomic E-state index is -0.622. The summed E-state index contributed by atoms with van der Waals surface area (Å²) >= 11 is 1.71. The maximum absolute atomic E-state index is 9.86. The van der Waals surface area contributed by atoms with Gasteiger partial charge in [0.05, 0.1) is 16.3 Å². The van der Waals surface area contributed by atoms with Crippen molar-refractivity contribution in [1.29, 1.82) is 0 Å². The van der Waals surface area contributed by atoms with Crippen LogP contribution in [0.5, 0.6) is 0 Å². The Labute approximate surface area is 108 Å². The van der Waals surface area contributed by atoms with Crippen molar-refractivity contribution in [3.05, 3.63) is 16.1 Å². The van der Waals surface area contributed by atoms with E-state index in [0.29, 0.717) is 6.54 Å². The second-order valence-electron chi connectivity index (χ2n) is 5.85. The quantitative estimate of drug-likeness (QED) is 0.851. The first-order valence-corrected chi connectivity index (χ1v) is 7.00. The molecule has 0 aromatic carbocycles. The van der Waals surface area contributed by atoms with E-state index >= 15 is 0 Å². The Kier molecular flexibility index (Phi) is 4.69. The van der Waals surface area contributed by atoms with Crippen LogP contribution in [0.3, 0.4) is 0 Å². The molecule has 1 atom stereocenters. The van der Waals surface area contributed by atoms with Crippen molar-refractivity contribution in [3.8, 4) is 0 Å². The highest BCUT2D eigenvalue weighted by atomic mass is 32.1. The standard InChI is InChI=1S/C13H24N2OS/c1-6-13(5,16)9-14-7-10-8-17-11(15-10)12(2,3)4/h8,14,16H,6-7,9H2,1-5H3. The van der Waals surface area contributed by atoms with Crippen LogP contribution in [0.4, 0.5) is 0 Å². The van der Waals surface area contributed by atoms with E-state index in [1.54, 1.807) is 11.3 Å². The van der Waals surface area contributed by atoms with E-state index in [0.717, 1.165) is 23.7 Å². The van der Waals surface area contributed by atoms with Gasteiger partial charge in [-0.15, -0.1) is 11.3 Å². The molecule has 17 heavy (non-hydrogen) atoms. The molecule has 0 aliphatic carbocycles. The van der Waals surface area contributed by atoms with Crippen LogP contribution in [-0.4, -0.2) is 22.2 Å². The molecule has 0 fully saturated rings. The normalized spacial score (nSPS) is 15.9. The predicted octanol–water partition coefficient (Wildman–Crippen LogP) is 2.69. The van der Waals surface area contributed by atoms with Gasteiger partial charge in [-0.1, -0.05) is 27.7 Å². The molecule has 4 heteroatoms. The van der Waals surface area contributed by atoms with Gasteiger partial charge in [0, 0.05) is 23.9 Å². The highest BCUT2D eigenvalue weighted by molar-refractivity contribution is 7.09. The third kappa shape index (κ3) is 4.74. The highest BCUT2D eigenvalue weighted by Crippen LogP contribution is 2.25. The summed E-state index contributed by atoms with van der Waals surface area (Å²) in [5, 5.41) is 16.4. The molecule has 1 unspecified atom stereocenters. The largest absolute Gasteiger partial charge is 0.389 e. The van der Waals surface area contributed by atoms with E-state index in [1.807, 2.05) is 13.8 Å². The minimum absolute atomic E-state index is 0.123. The van der Waals surface area contributed by atoms with Gasteiger partial charge in [0.2, 0.25) is 0 Å². The van der Waals surface area contributed by atoms with Crippen LogP contribution in [0.2, 0.25) is 0 Å². The molecular weight excluding hydrogens is 232 g/mol. The summed E-state index contributed by atoms with van der Waals surface area (Å²) < 4.78 is 0. The Morgan fingerprint density at radius 2 is 2.00 bits per heavy atom. The predicted molar refractivity (Wildman–Crippen MR) is 73.4 cm³/mol. The smallest absolute Gasteiger partial charge is 0.0982 e. The number of aromatic nitrogens is 1. The Hall–Kier alpha value is -0.450. The Morgan fingerprint density at radius 1 is 1.35 bits per heavy atom. The topological polar surface area (TPSA) is 45.1 Å². The number of rotatable bonds is 5. The van der Waals surface area contributed by atoms with Gasteiger partial charge in [0.1, 0.15) is 0 Å². The first kappa shape index (κ1) is 14.6. The average Bonchev–Trinajstić information content (AvgIpc) is 2.66. The zero-order chi connectivity index (χ0) is 13.1. The molecule has 98 valence electrons.